The molecule has 0 heterocycles. The lowest BCUT2D eigenvalue weighted by molar-refractivity contribution is 0.511. The molecule has 0 aliphatic rings. The van der Waals surface area contributed by atoms with E-state index >= 15 is 0 Å². The maximum atomic E-state index is 12.5. The molecule has 0 radical (unpaired) electrons. The highest BCUT2D eigenvalue weighted by Crippen LogP contribution is 2.14. The highest BCUT2D eigenvalue weighted by Gasteiger charge is 2.03. The third-order valence-corrected chi connectivity index (χ3v) is 1.97. The van der Waals surface area contributed by atoms with E-state index in [1.54, 1.807) is 0 Å². The lowest BCUT2D eigenvalue weighted by Crippen LogP contribution is -2.00. The molecule has 0 amide bonds. The number of hydrogen-bond acceptors (Lipinski definition) is 1. The summed E-state index contributed by atoms with van der Waals surface area (Å²) in [5.41, 5.74) is 0. The Morgan fingerprint density at radius 3 is 2.40 bits per heavy atom. The van der Waals surface area contributed by atoms with Gasteiger partial charge in [0, 0.05) is 0 Å². The largest absolute Gasteiger partial charge is 0.343 e. The molecule has 0 saturated carbocycles. The standard InChI is InChI=1S/C6H6FO2P/c7-5-3-1-2-4-6(5)10(8)9/h1-4,10H,(H,8,9). The van der Waals surface area contributed by atoms with Crippen LogP contribution in [0.4, 0.5) is 4.39 Å². The normalized spacial score (nSPS) is 13.0. The summed E-state index contributed by atoms with van der Waals surface area (Å²) >= 11 is 0. The minimum atomic E-state index is -2.87. The molecule has 1 N–H and O–H groups in total. The number of halogens is 1. The molecule has 0 aromatic heterocycles. The maximum Gasteiger partial charge on any atom is 0.221 e. The number of hydrogen-bond donors (Lipinski definition) is 1. The van der Waals surface area contributed by atoms with Gasteiger partial charge in [0.25, 0.3) is 0 Å². The fourth-order valence-corrected chi connectivity index (χ4v) is 1.16. The van der Waals surface area contributed by atoms with Crippen LogP contribution < -0.4 is 5.30 Å². The molecule has 0 fully saturated rings. The Balaban J connectivity index is 3.15. The van der Waals surface area contributed by atoms with Crippen molar-refractivity contribution in [3.05, 3.63) is 30.1 Å². The molecule has 0 aliphatic carbocycles. The molecule has 4 heteroatoms. The monoisotopic (exact) mass is 160 g/mol. The molecule has 1 rings (SSSR count). The van der Waals surface area contributed by atoms with Crippen molar-refractivity contribution in [1.82, 2.24) is 0 Å². The predicted molar refractivity (Wildman–Crippen MR) is 37.3 cm³/mol. The van der Waals surface area contributed by atoms with Crippen LogP contribution in [0.3, 0.4) is 0 Å². The van der Waals surface area contributed by atoms with Crippen LogP contribution >= 0.6 is 8.03 Å². The van der Waals surface area contributed by atoms with Gasteiger partial charge < -0.3 is 4.89 Å². The van der Waals surface area contributed by atoms with Gasteiger partial charge in [0.05, 0.1) is 5.30 Å². The summed E-state index contributed by atoms with van der Waals surface area (Å²) < 4.78 is 22.9. The van der Waals surface area contributed by atoms with Gasteiger partial charge in [0.1, 0.15) is 5.82 Å². The minimum absolute atomic E-state index is 0.104. The fourth-order valence-electron chi connectivity index (χ4n) is 0.635. The second kappa shape index (κ2) is 2.95. The van der Waals surface area contributed by atoms with E-state index < -0.39 is 13.8 Å². The van der Waals surface area contributed by atoms with Gasteiger partial charge in [-0.05, 0) is 12.1 Å². The molecular weight excluding hydrogens is 154 g/mol. The lowest BCUT2D eigenvalue weighted by Gasteiger charge is -1.94. The Bertz CT molecular complexity index is 262. The van der Waals surface area contributed by atoms with Gasteiger partial charge in [-0.2, -0.15) is 0 Å². The summed E-state index contributed by atoms with van der Waals surface area (Å²) in [5.74, 6) is -0.617. The highest BCUT2D eigenvalue weighted by molar-refractivity contribution is 7.47. The summed E-state index contributed by atoms with van der Waals surface area (Å²) in [6.45, 7) is 0. The first-order chi connectivity index (χ1) is 4.72. The van der Waals surface area contributed by atoms with E-state index in [2.05, 4.69) is 0 Å². The molecule has 0 spiro atoms. The zero-order chi connectivity index (χ0) is 7.56. The first-order valence-electron chi connectivity index (χ1n) is 2.69. The molecule has 10 heavy (non-hydrogen) atoms. The maximum absolute atomic E-state index is 12.5. The molecule has 1 unspecified atom stereocenters. The van der Waals surface area contributed by atoms with E-state index in [4.69, 9.17) is 4.89 Å². The van der Waals surface area contributed by atoms with Gasteiger partial charge >= 0.3 is 0 Å². The fraction of sp³-hybridized carbons (Fsp3) is 0. The average Bonchev–Trinajstić information content (AvgIpc) is 1.88. The Hall–Kier alpha value is -0.660. The Kier molecular flexibility index (Phi) is 2.20. The highest BCUT2D eigenvalue weighted by atomic mass is 31.1. The smallest absolute Gasteiger partial charge is 0.221 e. The second-order valence-electron chi connectivity index (χ2n) is 1.78. The van der Waals surface area contributed by atoms with E-state index in [0.717, 1.165) is 6.07 Å². The van der Waals surface area contributed by atoms with Crippen molar-refractivity contribution in [3.8, 4) is 0 Å². The minimum Gasteiger partial charge on any atom is -0.343 e. The van der Waals surface area contributed by atoms with Gasteiger partial charge in [-0.1, -0.05) is 12.1 Å². The third kappa shape index (κ3) is 1.43. The van der Waals surface area contributed by atoms with Crippen LogP contribution in [0, 0.1) is 5.82 Å². The van der Waals surface area contributed by atoms with Crippen molar-refractivity contribution in [2.75, 3.05) is 0 Å². The van der Waals surface area contributed by atoms with Crippen LogP contribution in [0.15, 0.2) is 24.3 Å². The van der Waals surface area contributed by atoms with Gasteiger partial charge in [-0.3, -0.25) is 4.57 Å². The molecule has 1 aromatic carbocycles. The van der Waals surface area contributed by atoms with Crippen molar-refractivity contribution < 1.29 is 13.8 Å². The second-order valence-corrected chi connectivity index (χ2v) is 2.93. The molecule has 1 aromatic rings. The zero-order valence-electron chi connectivity index (χ0n) is 5.04. The zero-order valence-corrected chi connectivity index (χ0v) is 6.04. The van der Waals surface area contributed by atoms with Gasteiger partial charge in [0.15, 0.2) is 0 Å². The third-order valence-electron chi connectivity index (χ3n) is 1.10. The summed E-state index contributed by atoms with van der Waals surface area (Å²) in [6.07, 6.45) is 0. The Labute approximate surface area is 58.2 Å². The summed E-state index contributed by atoms with van der Waals surface area (Å²) in [6, 6.07) is 5.46. The van der Waals surface area contributed by atoms with Crippen molar-refractivity contribution in [2.24, 2.45) is 0 Å². The van der Waals surface area contributed by atoms with Crippen LogP contribution in [0.1, 0.15) is 0 Å². The summed E-state index contributed by atoms with van der Waals surface area (Å²) in [7, 11) is -2.87. The molecule has 0 aliphatic heterocycles. The van der Waals surface area contributed by atoms with Gasteiger partial charge in [-0.15, -0.1) is 0 Å². The molecule has 54 valence electrons. The summed E-state index contributed by atoms with van der Waals surface area (Å²) in [5, 5.41) is -0.104. The number of benzene rings is 1. The van der Waals surface area contributed by atoms with Gasteiger partial charge in [-0.25, -0.2) is 4.39 Å². The molecule has 1 atom stereocenters. The lowest BCUT2D eigenvalue weighted by atomic mass is 10.3. The number of rotatable bonds is 1. The van der Waals surface area contributed by atoms with E-state index in [-0.39, 0.29) is 5.30 Å². The molecule has 0 saturated heterocycles. The molecule has 0 bridgehead atoms. The molecule has 2 nitrogen and oxygen atoms in total. The first-order valence-corrected chi connectivity index (χ1v) is 4.05. The van der Waals surface area contributed by atoms with Crippen LogP contribution in [0.2, 0.25) is 0 Å². The van der Waals surface area contributed by atoms with E-state index in [1.807, 2.05) is 0 Å². The topological polar surface area (TPSA) is 37.3 Å². The van der Waals surface area contributed by atoms with Crippen molar-refractivity contribution >= 4 is 13.3 Å². The summed E-state index contributed by atoms with van der Waals surface area (Å²) in [4.78, 5) is 8.51. The first kappa shape index (κ1) is 7.45. The molecular formula is C6H6FO2P. The average molecular weight is 160 g/mol. The van der Waals surface area contributed by atoms with E-state index in [0.29, 0.717) is 0 Å². The van der Waals surface area contributed by atoms with Gasteiger partial charge in [0.2, 0.25) is 8.03 Å². The Morgan fingerprint density at radius 2 is 2.00 bits per heavy atom. The predicted octanol–water partition coefficient (Wildman–Crippen LogP) is 0.918. The van der Waals surface area contributed by atoms with Crippen molar-refractivity contribution in [1.29, 1.82) is 0 Å². The van der Waals surface area contributed by atoms with Crippen LogP contribution in [-0.4, -0.2) is 4.89 Å². The van der Waals surface area contributed by atoms with Crippen LogP contribution in [0.5, 0.6) is 0 Å². The van der Waals surface area contributed by atoms with Crippen LogP contribution in [0.25, 0.3) is 0 Å². The quantitative estimate of drug-likeness (QED) is 0.620. The van der Waals surface area contributed by atoms with Crippen molar-refractivity contribution in [2.45, 2.75) is 0 Å². The van der Waals surface area contributed by atoms with Crippen LogP contribution in [-0.2, 0) is 4.57 Å². The SMILES string of the molecule is O=[PH](O)c1ccccc1F. The van der Waals surface area contributed by atoms with Crippen molar-refractivity contribution in [3.63, 3.8) is 0 Å². The van der Waals surface area contributed by atoms with E-state index in [1.165, 1.54) is 18.2 Å². The Morgan fingerprint density at radius 1 is 1.40 bits per heavy atom. The van der Waals surface area contributed by atoms with E-state index in [9.17, 15) is 8.96 Å².